The lowest BCUT2D eigenvalue weighted by molar-refractivity contribution is -0.134. The van der Waals surface area contributed by atoms with Crippen molar-refractivity contribution < 1.29 is 9.53 Å². The van der Waals surface area contributed by atoms with Crippen LogP contribution in [0.5, 0.6) is 0 Å². The molecule has 2 aliphatic rings. The molecule has 0 aromatic heterocycles. The van der Waals surface area contributed by atoms with E-state index in [-0.39, 0.29) is 11.9 Å². The number of carbonyl (C=O) groups excluding carboxylic acids is 1. The Kier molecular flexibility index (Phi) is 5.41. The smallest absolute Gasteiger partial charge is 0.239 e. The van der Waals surface area contributed by atoms with Crippen LogP contribution >= 0.6 is 0 Å². The van der Waals surface area contributed by atoms with Gasteiger partial charge in [-0.05, 0) is 39.3 Å². The highest BCUT2D eigenvalue weighted by Gasteiger charge is 2.33. The van der Waals surface area contributed by atoms with Gasteiger partial charge in [-0.1, -0.05) is 0 Å². The van der Waals surface area contributed by atoms with Crippen LogP contribution in [0.3, 0.4) is 0 Å². The third-order valence-corrected chi connectivity index (χ3v) is 3.84. The highest BCUT2D eigenvalue weighted by molar-refractivity contribution is 5.82. The van der Waals surface area contributed by atoms with Crippen LogP contribution in [-0.4, -0.2) is 62.3 Å². The van der Waals surface area contributed by atoms with Crippen LogP contribution in [0.2, 0.25) is 0 Å². The summed E-state index contributed by atoms with van der Waals surface area (Å²) in [5.41, 5.74) is 0. The lowest BCUT2D eigenvalue weighted by atomic mass is 10.0. The van der Waals surface area contributed by atoms with Crippen molar-refractivity contribution in [1.29, 1.82) is 0 Å². The Morgan fingerprint density at radius 2 is 2.33 bits per heavy atom. The van der Waals surface area contributed by atoms with Crippen LogP contribution in [0.1, 0.15) is 26.2 Å². The maximum Gasteiger partial charge on any atom is 0.239 e. The minimum Gasteiger partial charge on any atom is -0.378 e. The van der Waals surface area contributed by atoms with E-state index in [0.29, 0.717) is 19.2 Å². The van der Waals surface area contributed by atoms with Crippen LogP contribution in [0, 0.1) is 0 Å². The van der Waals surface area contributed by atoms with Gasteiger partial charge in [-0.2, -0.15) is 0 Å². The summed E-state index contributed by atoms with van der Waals surface area (Å²) in [6, 6.07) is 0.429. The molecule has 2 atom stereocenters. The molecule has 0 aromatic carbocycles. The third kappa shape index (κ3) is 3.43. The van der Waals surface area contributed by atoms with Crippen molar-refractivity contribution in [2.45, 2.75) is 38.3 Å². The molecule has 0 saturated carbocycles. The number of ether oxygens (including phenoxy) is 1. The average Bonchev–Trinajstić information content (AvgIpc) is 2.68. The van der Waals surface area contributed by atoms with Crippen molar-refractivity contribution in [2.24, 2.45) is 0 Å². The fraction of sp³-hybridized carbons (Fsp3) is 0.923. The number of hydrogen-bond acceptors (Lipinski definition) is 4. The number of rotatable bonds is 3. The number of hydrogen-bond donors (Lipinski definition) is 2. The van der Waals surface area contributed by atoms with E-state index in [2.05, 4.69) is 15.5 Å². The Hall–Kier alpha value is -0.650. The summed E-state index contributed by atoms with van der Waals surface area (Å²) in [7, 11) is 0. The molecule has 2 saturated heterocycles. The van der Waals surface area contributed by atoms with E-state index in [1.807, 2.05) is 6.92 Å². The Bertz CT molecular complexity index is 265. The zero-order chi connectivity index (χ0) is 12.8. The molecule has 0 bridgehead atoms. The Balaban J connectivity index is 1.99. The van der Waals surface area contributed by atoms with Crippen molar-refractivity contribution in [3.63, 3.8) is 0 Å². The van der Waals surface area contributed by atoms with Gasteiger partial charge in [0.2, 0.25) is 5.91 Å². The second kappa shape index (κ2) is 7.07. The number of nitrogens with one attached hydrogen (secondary N) is 2. The Labute approximate surface area is 109 Å². The molecular weight excluding hydrogens is 230 g/mol. The molecule has 1 amide bonds. The van der Waals surface area contributed by atoms with E-state index in [1.54, 1.807) is 0 Å². The predicted molar refractivity (Wildman–Crippen MR) is 70.5 cm³/mol. The Morgan fingerprint density at radius 1 is 1.44 bits per heavy atom. The van der Waals surface area contributed by atoms with Crippen LogP contribution in [0.4, 0.5) is 0 Å². The van der Waals surface area contributed by atoms with Crippen LogP contribution in [0.25, 0.3) is 0 Å². The molecule has 2 N–H and O–H groups in total. The lowest BCUT2D eigenvalue weighted by Gasteiger charge is -2.39. The first-order chi connectivity index (χ1) is 8.83. The average molecular weight is 255 g/mol. The summed E-state index contributed by atoms with van der Waals surface area (Å²) in [5.74, 6) is 0.120. The topological polar surface area (TPSA) is 53.6 Å². The fourth-order valence-electron chi connectivity index (χ4n) is 2.90. The van der Waals surface area contributed by atoms with Crippen LogP contribution < -0.4 is 10.6 Å². The van der Waals surface area contributed by atoms with Gasteiger partial charge in [0, 0.05) is 19.1 Å². The second-order valence-corrected chi connectivity index (χ2v) is 5.06. The highest BCUT2D eigenvalue weighted by Crippen LogP contribution is 2.19. The molecule has 0 aromatic rings. The summed E-state index contributed by atoms with van der Waals surface area (Å²) in [5, 5.41) is 6.35. The van der Waals surface area contributed by atoms with Gasteiger partial charge < -0.3 is 15.4 Å². The number of likely N-dealkylation sites (N-methyl/N-ethyl adjacent to an activating group) is 1. The molecule has 2 aliphatic heterocycles. The standard InChI is InChI=1S/C13H25N3O2/c1-2-15-13(17)12-10-18-9-8-16(12)11-4-3-6-14-7-5-11/h11-12,14H,2-10H2,1H3,(H,15,17). The first kappa shape index (κ1) is 13.8. The van der Waals surface area contributed by atoms with E-state index in [4.69, 9.17) is 4.74 Å². The number of carbonyl (C=O) groups is 1. The molecule has 2 unspecified atom stereocenters. The van der Waals surface area contributed by atoms with Gasteiger partial charge in [-0.25, -0.2) is 0 Å². The molecular formula is C13H25N3O2. The van der Waals surface area contributed by atoms with Crippen molar-refractivity contribution in [1.82, 2.24) is 15.5 Å². The van der Waals surface area contributed by atoms with Crippen molar-refractivity contribution >= 4 is 5.91 Å². The van der Waals surface area contributed by atoms with E-state index >= 15 is 0 Å². The molecule has 18 heavy (non-hydrogen) atoms. The fourth-order valence-corrected chi connectivity index (χ4v) is 2.90. The van der Waals surface area contributed by atoms with Gasteiger partial charge in [0.25, 0.3) is 0 Å². The summed E-state index contributed by atoms with van der Waals surface area (Å²) in [6.45, 7) is 6.98. The van der Waals surface area contributed by atoms with Crippen LogP contribution in [-0.2, 0) is 9.53 Å². The second-order valence-electron chi connectivity index (χ2n) is 5.06. The van der Waals surface area contributed by atoms with Gasteiger partial charge in [0.1, 0.15) is 6.04 Å². The predicted octanol–water partition coefficient (Wildman–Crippen LogP) is -0.0346. The zero-order valence-electron chi connectivity index (χ0n) is 11.3. The maximum atomic E-state index is 12.1. The summed E-state index contributed by atoms with van der Waals surface area (Å²) < 4.78 is 5.48. The van der Waals surface area contributed by atoms with Crippen molar-refractivity contribution in [3.05, 3.63) is 0 Å². The molecule has 2 heterocycles. The van der Waals surface area contributed by atoms with Gasteiger partial charge in [-0.3, -0.25) is 9.69 Å². The summed E-state index contributed by atoms with van der Waals surface area (Å²) in [4.78, 5) is 14.5. The molecule has 2 rings (SSSR count). The monoisotopic (exact) mass is 255 g/mol. The van der Waals surface area contributed by atoms with Gasteiger partial charge in [0.05, 0.1) is 13.2 Å². The van der Waals surface area contributed by atoms with E-state index in [9.17, 15) is 4.79 Å². The van der Waals surface area contributed by atoms with Gasteiger partial charge in [0.15, 0.2) is 0 Å². The largest absolute Gasteiger partial charge is 0.378 e. The van der Waals surface area contributed by atoms with E-state index in [1.165, 1.54) is 12.8 Å². The molecule has 2 fully saturated rings. The molecule has 0 spiro atoms. The van der Waals surface area contributed by atoms with E-state index in [0.717, 1.165) is 32.7 Å². The minimum absolute atomic E-state index is 0.0956. The maximum absolute atomic E-state index is 12.1. The zero-order valence-corrected chi connectivity index (χ0v) is 11.3. The first-order valence-corrected chi connectivity index (χ1v) is 7.15. The lowest BCUT2D eigenvalue weighted by Crippen LogP contribution is -2.57. The van der Waals surface area contributed by atoms with Crippen molar-refractivity contribution in [3.8, 4) is 0 Å². The highest BCUT2D eigenvalue weighted by atomic mass is 16.5. The third-order valence-electron chi connectivity index (χ3n) is 3.84. The van der Waals surface area contributed by atoms with Gasteiger partial charge >= 0.3 is 0 Å². The normalized spacial score (nSPS) is 30.7. The van der Waals surface area contributed by atoms with Crippen LogP contribution in [0.15, 0.2) is 0 Å². The first-order valence-electron chi connectivity index (χ1n) is 7.15. The molecule has 0 radical (unpaired) electrons. The minimum atomic E-state index is -0.0956. The quantitative estimate of drug-likeness (QED) is 0.743. The molecule has 5 nitrogen and oxygen atoms in total. The molecule has 5 heteroatoms. The molecule has 0 aliphatic carbocycles. The SMILES string of the molecule is CCNC(=O)C1COCCN1C1CCCNCC1. The van der Waals surface area contributed by atoms with E-state index < -0.39 is 0 Å². The number of amides is 1. The summed E-state index contributed by atoms with van der Waals surface area (Å²) >= 11 is 0. The molecule has 104 valence electrons. The van der Waals surface area contributed by atoms with Gasteiger partial charge in [-0.15, -0.1) is 0 Å². The number of morpholine rings is 1. The van der Waals surface area contributed by atoms with Crippen molar-refractivity contribution in [2.75, 3.05) is 39.4 Å². The summed E-state index contributed by atoms with van der Waals surface area (Å²) in [6.07, 6.45) is 3.52. The Morgan fingerprint density at radius 3 is 3.17 bits per heavy atom. The number of nitrogens with zero attached hydrogens (tertiary/aromatic N) is 1.